The van der Waals surface area contributed by atoms with Gasteiger partial charge in [0, 0.05) is 20.6 Å². The van der Waals surface area contributed by atoms with Gasteiger partial charge in [-0.25, -0.2) is 4.98 Å². The third-order valence-corrected chi connectivity index (χ3v) is 3.61. The van der Waals surface area contributed by atoms with Crippen LogP contribution in [0.5, 0.6) is 5.75 Å². The summed E-state index contributed by atoms with van der Waals surface area (Å²) in [7, 11) is 3.56. The molecule has 1 aromatic heterocycles. The normalized spacial score (nSPS) is 11.7. The molecule has 136 valence electrons. The number of ether oxygens (including phenoxy) is 1. The van der Waals surface area contributed by atoms with Crippen LogP contribution in [0.1, 0.15) is 22.9 Å². The van der Waals surface area contributed by atoms with Gasteiger partial charge in [-0.1, -0.05) is 12.1 Å². The maximum Gasteiger partial charge on any atom is 0.387 e. The Labute approximate surface area is 145 Å². The molecule has 6 nitrogen and oxygen atoms in total. The summed E-state index contributed by atoms with van der Waals surface area (Å²) in [6.07, 6.45) is 0. The summed E-state index contributed by atoms with van der Waals surface area (Å²) in [5, 5.41) is 3.18. The summed E-state index contributed by atoms with van der Waals surface area (Å²) < 4.78 is 34.2. The van der Waals surface area contributed by atoms with Crippen molar-refractivity contribution >= 4 is 5.96 Å². The molecule has 0 aliphatic carbocycles. The van der Waals surface area contributed by atoms with Gasteiger partial charge in [-0.15, -0.1) is 0 Å². The van der Waals surface area contributed by atoms with E-state index in [4.69, 9.17) is 4.42 Å². The Balaban J connectivity index is 1.91. The SMILES string of the molecule is CN=C(NCc1nc(C)c(C)o1)N(C)Cc1ccc(OC(F)F)cc1. The molecule has 0 spiro atoms. The van der Waals surface area contributed by atoms with Gasteiger partial charge in [-0.3, -0.25) is 4.99 Å². The molecule has 0 saturated heterocycles. The van der Waals surface area contributed by atoms with Crippen molar-refractivity contribution in [2.45, 2.75) is 33.5 Å². The Hall–Kier alpha value is -2.64. The Morgan fingerprint density at radius 1 is 1.32 bits per heavy atom. The average molecular weight is 352 g/mol. The topological polar surface area (TPSA) is 62.9 Å². The maximum absolute atomic E-state index is 12.2. The number of guanidine groups is 1. The minimum Gasteiger partial charge on any atom is -0.444 e. The quantitative estimate of drug-likeness (QED) is 0.639. The van der Waals surface area contributed by atoms with Crippen LogP contribution in [0.15, 0.2) is 33.7 Å². The molecule has 1 heterocycles. The molecule has 2 aromatic rings. The predicted octanol–water partition coefficient (Wildman–Crippen LogP) is 3.10. The maximum atomic E-state index is 12.2. The number of benzene rings is 1. The zero-order valence-electron chi connectivity index (χ0n) is 14.7. The second-order valence-corrected chi connectivity index (χ2v) is 5.53. The lowest BCUT2D eigenvalue weighted by atomic mass is 10.2. The number of hydrogen-bond donors (Lipinski definition) is 1. The Kier molecular flexibility index (Phi) is 6.32. The molecule has 0 atom stereocenters. The molecule has 0 unspecified atom stereocenters. The summed E-state index contributed by atoms with van der Waals surface area (Å²) >= 11 is 0. The largest absolute Gasteiger partial charge is 0.444 e. The van der Waals surface area contributed by atoms with Crippen molar-refractivity contribution in [3.8, 4) is 5.75 Å². The van der Waals surface area contributed by atoms with E-state index < -0.39 is 6.61 Å². The monoisotopic (exact) mass is 352 g/mol. The van der Waals surface area contributed by atoms with E-state index >= 15 is 0 Å². The smallest absolute Gasteiger partial charge is 0.387 e. The molecule has 0 saturated carbocycles. The van der Waals surface area contributed by atoms with Gasteiger partial charge in [-0.2, -0.15) is 8.78 Å². The Bertz CT molecular complexity index is 694. The van der Waals surface area contributed by atoms with Gasteiger partial charge >= 0.3 is 6.61 Å². The minimum atomic E-state index is -2.82. The molecule has 0 radical (unpaired) electrons. The van der Waals surface area contributed by atoms with Crippen molar-refractivity contribution in [3.05, 3.63) is 47.2 Å². The molecular formula is C17H22F2N4O2. The van der Waals surface area contributed by atoms with E-state index in [-0.39, 0.29) is 5.75 Å². The van der Waals surface area contributed by atoms with Crippen molar-refractivity contribution < 1.29 is 17.9 Å². The molecule has 1 aromatic carbocycles. The van der Waals surface area contributed by atoms with E-state index in [2.05, 4.69) is 20.0 Å². The number of nitrogens with zero attached hydrogens (tertiary/aromatic N) is 3. The van der Waals surface area contributed by atoms with Crippen molar-refractivity contribution in [2.75, 3.05) is 14.1 Å². The minimum absolute atomic E-state index is 0.138. The molecule has 8 heteroatoms. The molecule has 1 N–H and O–H groups in total. The third kappa shape index (κ3) is 5.44. The first-order chi connectivity index (χ1) is 11.9. The summed E-state index contributed by atoms with van der Waals surface area (Å²) in [4.78, 5) is 10.4. The molecule has 0 bridgehead atoms. The van der Waals surface area contributed by atoms with Gasteiger partial charge in [-0.05, 0) is 31.5 Å². The second-order valence-electron chi connectivity index (χ2n) is 5.53. The van der Waals surface area contributed by atoms with Crippen LogP contribution in [0.25, 0.3) is 0 Å². The fourth-order valence-corrected chi connectivity index (χ4v) is 2.28. The van der Waals surface area contributed by atoms with E-state index in [0.717, 1.165) is 17.0 Å². The second kappa shape index (κ2) is 8.46. The average Bonchev–Trinajstić information content (AvgIpc) is 2.87. The van der Waals surface area contributed by atoms with Gasteiger partial charge in [0.05, 0.1) is 12.2 Å². The summed E-state index contributed by atoms with van der Waals surface area (Å²) in [6.45, 7) is 1.92. The lowest BCUT2D eigenvalue weighted by Gasteiger charge is -2.21. The molecule has 0 amide bonds. The standard InChI is InChI=1S/C17H22F2N4O2/c1-11-12(2)24-15(22-11)9-21-17(20-3)23(4)10-13-5-7-14(8-6-13)25-16(18)19/h5-8,16H,9-10H2,1-4H3,(H,20,21). The van der Waals surface area contributed by atoms with Crippen LogP contribution in [-0.2, 0) is 13.1 Å². The fourth-order valence-electron chi connectivity index (χ4n) is 2.28. The Morgan fingerprint density at radius 2 is 2.00 bits per heavy atom. The van der Waals surface area contributed by atoms with Crippen LogP contribution in [-0.4, -0.2) is 36.6 Å². The van der Waals surface area contributed by atoms with Crippen LogP contribution in [0, 0.1) is 13.8 Å². The lowest BCUT2D eigenvalue weighted by Crippen LogP contribution is -2.38. The number of halogens is 2. The lowest BCUT2D eigenvalue weighted by molar-refractivity contribution is -0.0498. The molecule has 0 fully saturated rings. The summed E-state index contributed by atoms with van der Waals surface area (Å²) in [6, 6.07) is 6.51. The van der Waals surface area contributed by atoms with E-state index in [9.17, 15) is 8.78 Å². The van der Waals surface area contributed by atoms with Gasteiger partial charge in [0.1, 0.15) is 11.5 Å². The summed E-state index contributed by atoms with van der Waals surface area (Å²) in [5.74, 6) is 2.20. The van der Waals surface area contributed by atoms with Gasteiger partial charge in [0.25, 0.3) is 0 Å². The predicted molar refractivity (Wildman–Crippen MR) is 90.7 cm³/mol. The Morgan fingerprint density at radius 3 is 2.52 bits per heavy atom. The fraction of sp³-hybridized carbons (Fsp3) is 0.412. The molecular weight excluding hydrogens is 330 g/mol. The number of oxazole rings is 1. The van der Waals surface area contributed by atoms with Gasteiger partial charge in [0.2, 0.25) is 5.89 Å². The molecule has 0 aliphatic heterocycles. The number of alkyl halides is 2. The zero-order valence-corrected chi connectivity index (χ0v) is 14.7. The van der Waals surface area contributed by atoms with Crippen LogP contribution >= 0.6 is 0 Å². The number of rotatable bonds is 6. The molecule has 0 aliphatic rings. The highest BCUT2D eigenvalue weighted by atomic mass is 19.3. The van der Waals surface area contributed by atoms with E-state index in [1.54, 1.807) is 19.2 Å². The number of aliphatic imine (C=N–C) groups is 1. The summed E-state index contributed by atoms with van der Waals surface area (Å²) in [5.41, 5.74) is 1.81. The molecule has 25 heavy (non-hydrogen) atoms. The first-order valence-electron chi connectivity index (χ1n) is 7.77. The highest BCUT2D eigenvalue weighted by Gasteiger charge is 2.10. The van der Waals surface area contributed by atoms with Crippen molar-refractivity contribution in [1.82, 2.24) is 15.2 Å². The highest BCUT2D eigenvalue weighted by molar-refractivity contribution is 5.79. The van der Waals surface area contributed by atoms with Crippen molar-refractivity contribution in [1.29, 1.82) is 0 Å². The van der Waals surface area contributed by atoms with E-state index in [0.29, 0.717) is 24.9 Å². The van der Waals surface area contributed by atoms with Crippen LogP contribution in [0.2, 0.25) is 0 Å². The van der Waals surface area contributed by atoms with Crippen LogP contribution in [0.4, 0.5) is 8.78 Å². The van der Waals surface area contributed by atoms with Gasteiger partial charge < -0.3 is 19.4 Å². The van der Waals surface area contributed by atoms with E-state index in [1.165, 1.54) is 12.1 Å². The van der Waals surface area contributed by atoms with Crippen LogP contribution in [0.3, 0.4) is 0 Å². The first-order valence-corrected chi connectivity index (χ1v) is 7.77. The van der Waals surface area contributed by atoms with Crippen molar-refractivity contribution in [2.24, 2.45) is 4.99 Å². The number of nitrogens with one attached hydrogen (secondary N) is 1. The number of aromatic nitrogens is 1. The van der Waals surface area contributed by atoms with Crippen molar-refractivity contribution in [3.63, 3.8) is 0 Å². The first kappa shape index (κ1) is 18.7. The number of aryl methyl sites for hydroxylation is 2. The highest BCUT2D eigenvalue weighted by Crippen LogP contribution is 2.16. The molecule has 2 rings (SSSR count). The van der Waals surface area contributed by atoms with E-state index in [1.807, 2.05) is 25.8 Å². The van der Waals surface area contributed by atoms with Crippen LogP contribution < -0.4 is 10.1 Å². The van der Waals surface area contributed by atoms with Gasteiger partial charge in [0.15, 0.2) is 5.96 Å². The zero-order chi connectivity index (χ0) is 18.4. The third-order valence-electron chi connectivity index (χ3n) is 3.61. The number of hydrogen-bond acceptors (Lipinski definition) is 4.